The van der Waals surface area contributed by atoms with Crippen molar-refractivity contribution in [1.82, 2.24) is 29.7 Å². The number of methoxy groups -OCH3 is 2. The van der Waals surface area contributed by atoms with Gasteiger partial charge in [0.2, 0.25) is 23.7 Å². The fraction of sp³-hybridized carbons (Fsp3) is 0.500. The van der Waals surface area contributed by atoms with Gasteiger partial charge >= 0.3 is 0 Å². The van der Waals surface area contributed by atoms with Gasteiger partial charge in [0, 0.05) is 99.5 Å². The summed E-state index contributed by atoms with van der Waals surface area (Å²) in [5.41, 5.74) is 4.96. The Balaban J connectivity index is 0.000000220. The van der Waals surface area contributed by atoms with Crippen molar-refractivity contribution in [2.45, 2.75) is 79.8 Å². The number of aromatic nitrogens is 4. The van der Waals surface area contributed by atoms with Crippen molar-refractivity contribution < 1.29 is 18.3 Å². The molecule has 0 aliphatic carbocycles. The van der Waals surface area contributed by atoms with Crippen molar-refractivity contribution in [2.24, 2.45) is 11.8 Å². The standard InChI is InChI=1S/2C21H23ClFN5O.2CH4/c2*1-24-9-14-5-4-8-28(10-14)20-16-12-27(13-18(16)25-21(22)26-20)11-15-17(23)6-3-7-19(15)29-2;;/h2*3,6-7,14H,4-5,8-13H2,2H3;2*1H4/t2*14-;;/m00../s1. The highest BCUT2D eigenvalue weighted by Gasteiger charge is 2.33. The average Bonchev–Trinajstić information content (AvgIpc) is 3.82. The van der Waals surface area contributed by atoms with Crippen LogP contribution in [-0.4, -0.2) is 83.2 Å². The van der Waals surface area contributed by atoms with Crippen molar-refractivity contribution >= 4 is 34.8 Å². The summed E-state index contributed by atoms with van der Waals surface area (Å²) < 4.78 is 39.4. The van der Waals surface area contributed by atoms with Gasteiger partial charge in [0.05, 0.1) is 25.6 Å². The molecule has 0 amide bonds. The van der Waals surface area contributed by atoms with E-state index in [0.717, 1.165) is 86.0 Å². The Kier molecular flexibility index (Phi) is 16.2. The first-order chi connectivity index (χ1) is 28.2. The van der Waals surface area contributed by atoms with E-state index in [4.69, 9.17) is 45.8 Å². The number of anilines is 2. The van der Waals surface area contributed by atoms with Crippen molar-refractivity contribution in [3.8, 4) is 11.5 Å². The minimum atomic E-state index is -0.275. The maximum atomic E-state index is 14.4. The van der Waals surface area contributed by atoms with Gasteiger partial charge in [-0.25, -0.2) is 41.9 Å². The lowest BCUT2D eigenvalue weighted by Crippen LogP contribution is -2.37. The summed E-state index contributed by atoms with van der Waals surface area (Å²) >= 11 is 12.5. The van der Waals surface area contributed by atoms with Crippen LogP contribution >= 0.6 is 23.2 Å². The monoisotopic (exact) mass is 862 g/mol. The molecule has 0 radical (unpaired) electrons. The molecule has 60 heavy (non-hydrogen) atoms. The smallest absolute Gasteiger partial charge is 0.224 e. The summed E-state index contributed by atoms with van der Waals surface area (Å²) in [6, 6.07) is 9.75. The molecule has 2 atom stereocenters. The summed E-state index contributed by atoms with van der Waals surface area (Å²) in [4.78, 5) is 33.8. The van der Waals surface area contributed by atoms with E-state index in [-0.39, 0.29) is 37.1 Å². The molecule has 2 aromatic heterocycles. The lowest BCUT2D eigenvalue weighted by atomic mass is 9.98. The van der Waals surface area contributed by atoms with Crippen LogP contribution < -0.4 is 19.3 Å². The molecular weight excluding hydrogens is 809 g/mol. The molecular formula is C44H54Cl2F2N10O2. The molecule has 2 saturated heterocycles. The molecule has 12 nitrogen and oxygen atoms in total. The van der Waals surface area contributed by atoms with Crippen LogP contribution in [0.15, 0.2) is 36.4 Å². The van der Waals surface area contributed by atoms with Gasteiger partial charge in [-0.3, -0.25) is 9.80 Å². The number of benzene rings is 2. The van der Waals surface area contributed by atoms with Gasteiger partial charge < -0.3 is 29.0 Å². The van der Waals surface area contributed by atoms with Gasteiger partial charge in [0.15, 0.2) is 0 Å². The van der Waals surface area contributed by atoms with Crippen LogP contribution in [0.4, 0.5) is 20.4 Å². The molecule has 2 fully saturated rings. The van der Waals surface area contributed by atoms with Crippen LogP contribution in [0.25, 0.3) is 9.69 Å². The quantitative estimate of drug-likeness (QED) is 0.114. The SMILES string of the molecule is C.C.[C-]#[N+]C[C@@H]1CCCN(c2nc(Cl)nc3c2CN(Cc2c(F)cccc2OC)C3)C1.[C-]#[N+]C[C@@H]1CCCN(c2nc(Cl)nc3c2CN(Cc2c(F)cccc2OC)C3)C1. The molecule has 16 heteroatoms. The minimum absolute atomic E-state index is 0. The van der Waals surface area contributed by atoms with Crippen LogP contribution in [0, 0.1) is 36.6 Å². The predicted molar refractivity (Wildman–Crippen MR) is 232 cm³/mol. The number of ether oxygens (including phenoxy) is 2. The number of hydrogen-bond acceptors (Lipinski definition) is 10. The molecule has 4 aliphatic rings. The van der Waals surface area contributed by atoms with E-state index in [0.29, 0.717) is 86.8 Å². The van der Waals surface area contributed by atoms with Crippen LogP contribution in [0.3, 0.4) is 0 Å². The Labute approximate surface area is 363 Å². The molecule has 0 saturated carbocycles. The zero-order valence-corrected chi connectivity index (χ0v) is 34.2. The number of rotatable bonds is 10. The first kappa shape index (κ1) is 46.2. The first-order valence-corrected chi connectivity index (χ1v) is 20.3. The third kappa shape index (κ3) is 10.5. The van der Waals surface area contributed by atoms with E-state index in [1.165, 1.54) is 12.1 Å². The van der Waals surface area contributed by atoms with Gasteiger partial charge in [-0.1, -0.05) is 27.0 Å². The summed E-state index contributed by atoms with van der Waals surface area (Å²) in [5.74, 6) is 2.96. The van der Waals surface area contributed by atoms with Crippen molar-refractivity contribution in [3.63, 3.8) is 0 Å². The molecule has 2 aromatic carbocycles. The lowest BCUT2D eigenvalue weighted by Gasteiger charge is -2.32. The van der Waals surface area contributed by atoms with Crippen LogP contribution in [0.2, 0.25) is 10.6 Å². The first-order valence-electron chi connectivity index (χ1n) is 19.5. The Bertz CT molecular complexity index is 2050. The molecule has 8 rings (SSSR count). The number of nitrogens with zero attached hydrogens (tertiary/aromatic N) is 10. The van der Waals surface area contributed by atoms with Crippen molar-refractivity contribution in [2.75, 3.05) is 63.3 Å². The number of fused-ring (bicyclic) bond motifs is 2. The van der Waals surface area contributed by atoms with E-state index in [2.05, 4.69) is 49.2 Å². The Morgan fingerprint density at radius 1 is 0.667 bits per heavy atom. The summed E-state index contributed by atoms with van der Waals surface area (Å²) in [6.07, 6.45) is 4.21. The second-order valence-corrected chi connectivity index (χ2v) is 15.9. The average molecular weight is 864 g/mol. The summed E-state index contributed by atoms with van der Waals surface area (Å²) in [5, 5.41) is 0.466. The molecule has 320 valence electrons. The second-order valence-electron chi connectivity index (χ2n) is 15.2. The fourth-order valence-electron chi connectivity index (χ4n) is 8.58. The minimum Gasteiger partial charge on any atom is -0.496 e. The Hall–Kier alpha value is -4.86. The van der Waals surface area contributed by atoms with Crippen molar-refractivity contribution in [1.29, 1.82) is 0 Å². The third-order valence-corrected chi connectivity index (χ3v) is 11.6. The largest absolute Gasteiger partial charge is 0.496 e. The third-order valence-electron chi connectivity index (χ3n) is 11.3. The molecule has 0 unspecified atom stereocenters. The van der Waals surface area contributed by atoms with Gasteiger partial charge in [-0.15, -0.1) is 0 Å². The number of halogens is 4. The van der Waals surface area contributed by atoms with Crippen molar-refractivity contribution in [3.05, 3.63) is 115 Å². The normalized spacial score (nSPS) is 18.5. The second kappa shape index (κ2) is 21.1. The van der Waals surface area contributed by atoms with E-state index in [9.17, 15) is 8.78 Å². The molecule has 0 N–H and O–H groups in total. The number of hydrogen-bond donors (Lipinski definition) is 0. The van der Waals surface area contributed by atoms with Gasteiger partial charge in [0.25, 0.3) is 0 Å². The van der Waals surface area contributed by atoms with E-state index in [1.807, 2.05) is 0 Å². The predicted octanol–water partition coefficient (Wildman–Crippen LogP) is 9.13. The topological polar surface area (TPSA) is 91.7 Å². The highest BCUT2D eigenvalue weighted by molar-refractivity contribution is 6.28. The molecule has 6 heterocycles. The Morgan fingerprint density at radius 2 is 1.08 bits per heavy atom. The molecule has 0 spiro atoms. The molecule has 4 aliphatic heterocycles. The van der Waals surface area contributed by atoms with Crippen LogP contribution in [-0.2, 0) is 39.3 Å². The Morgan fingerprint density at radius 3 is 1.47 bits per heavy atom. The molecule has 0 bridgehead atoms. The number of piperidine rings is 2. The van der Waals surface area contributed by atoms with E-state index < -0.39 is 0 Å². The van der Waals surface area contributed by atoms with Gasteiger partial charge in [-0.2, -0.15) is 0 Å². The van der Waals surface area contributed by atoms with E-state index in [1.54, 1.807) is 38.5 Å². The maximum Gasteiger partial charge on any atom is 0.224 e. The molecule has 4 aromatic rings. The van der Waals surface area contributed by atoms with Crippen LogP contribution in [0.5, 0.6) is 11.5 Å². The summed E-state index contributed by atoms with van der Waals surface area (Å²) in [7, 11) is 3.10. The van der Waals surface area contributed by atoms with E-state index >= 15 is 0 Å². The van der Waals surface area contributed by atoms with Gasteiger partial charge in [0.1, 0.15) is 34.8 Å². The summed E-state index contributed by atoms with van der Waals surface area (Å²) in [6.45, 7) is 22.1. The lowest BCUT2D eigenvalue weighted by molar-refractivity contribution is 0.263. The zero-order chi connectivity index (χ0) is 40.8. The van der Waals surface area contributed by atoms with Crippen LogP contribution in [0.1, 0.15) is 74.2 Å². The maximum absolute atomic E-state index is 14.4. The highest BCUT2D eigenvalue weighted by atomic mass is 35.5. The fourth-order valence-corrected chi connectivity index (χ4v) is 8.94. The zero-order valence-electron chi connectivity index (χ0n) is 32.7. The highest BCUT2D eigenvalue weighted by Crippen LogP contribution is 2.37. The van der Waals surface area contributed by atoms with Gasteiger partial charge in [-0.05, 0) is 73.2 Å².